The average Bonchev–Trinajstić information content (AvgIpc) is 2.91. The highest BCUT2D eigenvalue weighted by molar-refractivity contribution is 7.92. The van der Waals surface area contributed by atoms with Crippen molar-refractivity contribution in [2.24, 2.45) is 0 Å². The molecule has 2 rings (SSSR count). The summed E-state index contributed by atoms with van der Waals surface area (Å²) in [5, 5.41) is 0.0978. The molecular weight excluding hydrogens is 274 g/mol. The van der Waals surface area contributed by atoms with Crippen molar-refractivity contribution in [1.29, 1.82) is 0 Å². The highest BCUT2D eigenvalue weighted by atomic mass is 32.2. The molecule has 2 aromatic rings. The van der Waals surface area contributed by atoms with Gasteiger partial charge in [-0.1, -0.05) is 38.5 Å². The first-order valence-corrected chi connectivity index (χ1v) is 8.19. The van der Waals surface area contributed by atoms with Gasteiger partial charge in [0.2, 0.25) is 0 Å². The third-order valence-corrected chi connectivity index (χ3v) is 4.29. The number of imidazole rings is 1. The molecule has 0 aliphatic heterocycles. The molecule has 0 fully saturated rings. The Balaban J connectivity index is 2.28. The second kappa shape index (κ2) is 6.09. The van der Waals surface area contributed by atoms with Crippen molar-refractivity contribution in [1.82, 2.24) is 9.97 Å². The minimum atomic E-state index is -3.61. The Morgan fingerprint density at radius 3 is 2.65 bits per heavy atom. The lowest BCUT2D eigenvalue weighted by Crippen LogP contribution is -2.14. The van der Waals surface area contributed by atoms with Crippen molar-refractivity contribution in [3.05, 3.63) is 41.9 Å². The fourth-order valence-electron chi connectivity index (χ4n) is 1.97. The Labute approximate surface area is 119 Å². The SMILES string of the molecule is CCCc1ccccc1NS(=O)(=O)c1cnc(CC)[nH]1. The second-order valence-electron chi connectivity index (χ2n) is 4.56. The molecule has 0 aliphatic rings. The van der Waals surface area contributed by atoms with Gasteiger partial charge in [-0.05, 0) is 18.1 Å². The highest BCUT2D eigenvalue weighted by Crippen LogP contribution is 2.20. The average molecular weight is 293 g/mol. The number of hydrogen-bond acceptors (Lipinski definition) is 3. The zero-order valence-electron chi connectivity index (χ0n) is 11.7. The Morgan fingerprint density at radius 2 is 2.00 bits per heavy atom. The van der Waals surface area contributed by atoms with E-state index >= 15 is 0 Å². The number of hydrogen-bond donors (Lipinski definition) is 2. The molecule has 0 atom stereocenters. The minimum Gasteiger partial charge on any atom is -0.332 e. The third-order valence-electron chi connectivity index (χ3n) is 3.01. The van der Waals surface area contributed by atoms with Crippen molar-refractivity contribution in [3.8, 4) is 0 Å². The van der Waals surface area contributed by atoms with Crippen LogP contribution in [0.5, 0.6) is 0 Å². The molecule has 1 aromatic heterocycles. The summed E-state index contributed by atoms with van der Waals surface area (Å²) in [6.07, 6.45) is 3.82. The summed E-state index contributed by atoms with van der Waals surface area (Å²) >= 11 is 0. The zero-order valence-corrected chi connectivity index (χ0v) is 12.5. The number of anilines is 1. The van der Waals surface area contributed by atoms with Crippen LogP contribution in [0.3, 0.4) is 0 Å². The van der Waals surface area contributed by atoms with Crippen LogP contribution in [-0.4, -0.2) is 18.4 Å². The van der Waals surface area contributed by atoms with Gasteiger partial charge in [-0.15, -0.1) is 0 Å². The summed E-state index contributed by atoms with van der Waals surface area (Å²) in [7, 11) is -3.61. The van der Waals surface area contributed by atoms with Crippen LogP contribution in [0.4, 0.5) is 5.69 Å². The maximum absolute atomic E-state index is 12.3. The molecule has 108 valence electrons. The lowest BCUT2D eigenvalue weighted by Gasteiger charge is -2.10. The Hall–Kier alpha value is -1.82. The quantitative estimate of drug-likeness (QED) is 0.860. The number of nitrogens with zero attached hydrogens (tertiary/aromatic N) is 1. The van der Waals surface area contributed by atoms with E-state index in [0.717, 1.165) is 18.4 Å². The molecule has 0 saturated carbocycles. The topological polar surface area (TPSA) is 74.8 Å². The zero-order chi connectivity index (χ0) is 14.6. The van der Waals surface area contributed by atoms with Crippen LogP contribution >= 0.6 is 0 Å². The summed E-state index contributed by atoms with van der Waals surface area (Å²) in [4.78, 5) is 6.84. The van der Waals surface area contributed by atoms with E-state index in [4.69, 9.17) is 0 Å². The number of aromatic amines is 1. The van der Waals surface area contributed by atoms with E-state index in [2.05, 4.69) is 21.6 Å². The number of nitrogens with one attached hydrogen (secondary N) is 2. The summed E-state index contributed by atoms with van der Waals surface area (Å²) in [6, 6.07) is 7.45. The van der Waals surface area contributed by atoms with Crippen LogP contribution in [0.15, 0.2) is 35.5 Å². The van der Waals surface area contributed by atoms with Gasteiger partial charge in [0.05, 0.1) is 11.9 Å². The first-order chi connectivity index (χ1) is 9.56. The van der Waals surface area contributed by atoms with Crippen molar-refractivity contribution < 1.29 is 8.42 Å². The lowest BCUT2D eigenvalue weighted by atomic mass is 10.1. The van der Waals surface area contributed by atoms with E-state index in [0.29, 0.717) is 17.9 Å². The van der Waals surface area contributed by atoms with Gasteiger partial charge in [-0.2, -0.15) is 8.42 Å². The molecule has 0 radical (unpaired) electrons. The van der Waals surface area contributed by atoms with E-state index in [1.165, 1.54) is 6.20 Å². The number of benzene rings is 1. The number of rotatable bonds is 6. The van der Waals surface area contributed by atoms with Crippen LogP contribution in [0.2, 0.25) is 0 Å². The van der Waals surface area contributed by atoms with Gasteiger partial charge in [0.25, 0.3) is 10.0 Å². The van der Waals surface area contributed by atoms with Gasteiger partial charge in [0.15, 0.2) is 5.03 Å². The third kappa shape index (κ3) is 3.19. The number of aromatic nitrogens is 2. The maximum Gasteiger partial charge on any atom is 0.278 e. The Morgan fingerprint density at radius 1 is 1.25 bits per heavy atom. The number of para-hydroxylation sites is 1. The van der Waals surface area contributed by atoms with Crippen LogP contribution in [-0.2, 0) is 22.9 Å². The van der Waals surface area contributed by atoms with Crippen LogP contribution in [0.1, 0.15) is 31.7 Å². The molecular formula is C14H19N3O2S. The summed E-state index contributed by atoms with van der Waals surface area (Å²) in [5.41, 5.74) is 1.62. The van der Waals surface area contributed by atoms with E-state index in [-0.39, 0.29) is 5.03 Å². The first kappa shape index (κ1) is 14.6. The van der Waals surface area contributed by atoms with E-state index in [1.54, 1.807) is 6.07 Å². The highest BCUT2D eigenvalue weighted by Gasteiger charge is 2.18. The largest absolute Gasteiger partial charge is 0.332 e. The van der Waals surface area contributed by atoms with Gasteiger partial charge >= 0.3 is 0 Å². The molecule has 5 nitrogen and oxygen atoms in total. The summed E-state index contributed by atoms with van der Waals surface area (Å²) in [6.45, 7) is 3.98. The Kier molecular flexibility index (Phi) is 4.44. The molecule has 6 heteroatoms. The predicted molar refractivity (Wildman–Crippen MR) is 79.2 cm³/mol. The van der Waals surface area contributed by atoms with Crippen LogP contribution in [0, 0.1) is 0 Å². The predicted octanol–water partition coefficient (Wildman–Crippen LogP) is 2.73. The smallest absolute Gasteiger partial charge is 0.278 e. The number of H-pyrrole nitrogens is 1. The molecule has 0 saturated heterocycles. The molecule has 2 N–H and O–H groups in total. The first-order valence-electron chi connectivity index (χ1n) is 6.71. The van der Waals surface area contributed by atoms with Gasteiger partial charge in [-0.3, -0.25) is 4.72 Å². The van der Waals surface area contributed by atoms with E-state index < -0.39 is 10.0 Å². The maximum atomic E-state index is 12.3. The van der Waals surface area contributed by atoms with Gasteiger partial charge in [0, 0.05) is 6.42 Å². The Bertz CT molecular complexity index is 677. The normalized spacial score (nSPS) is 11.5. The molecule has 0 bridgehead atoms. The van der Waals surface area contributed by atoms with Crippen molar-refractivity contribution in [2.45, 2.75) is 38.1 Å². The lowest BCUT2D eigenvalue weighted by molar-refractivity contribution is 0.598. The standard InChI is InChI=1S/C14H19N3O2S/c1-3-7-11-8-5-6-9-12(11)17-20(18,19)14-10-15-13(4-2)16-14/h5-6,8-10,17H,3-4,7H2,1-2H3,(H,15,16). The minimum absolute atomic E-state index is 0.0978. The molecule has 0 unspecified atom stereocenters. The molecule has 1 aromatic carbocycles. The van der Waals surface area contributed by atoms with Crippen LogP contribution in [0.25, 0.3) is 0 Å². The molecule has 0 amide bonds. The molecule has 1 heterocycles. The molecule has 20 heavy (non-hydrogen) atoms. The van der Waals surface area contributed by atoms with E-state index in [1.807, 2.05) is 25.1 Å². The van der Waals surface area contributed by atoms with Crippen LogP contribution < -0.4 is 4.72 Å². The fraction of sp³-hybridized carbons (Fsp3) is 0.357. The van der Waals surface area contributed by atoms with Gasteiger partial charge in [0.1, 0.15) is 5.82 Å². The van der Waals surface area contributed by atoms with Crippen molar-refractivity contribution >= 4 is 15.7 Å². The van der Waals surface area contributed by atoms with Crippen molar-refractivity contribution in [2.75, 3.05) is 4.72 Å². The number of aryl methyl sites for hydroxylation is 2. The second-order valence-corrected chi connectivity index (χ2v) is 6.21. The van der Waals surface area contributed by atoms with Gasteiger partial charge < -0.3 is 4.98 Å². The fourth-order valence-corrected chi connectivity index (χ4v) is 3.01. The monoisotopic (exact) mass is 293 g/mol. The summed E-state index contributed by atoms with van der Waals surface area (Å²) in [5.74, 6) is 0.659. The molecule has 0 spiro atoms. The van der Waals surface area contributed by atoms with Crippen molar-refractivity contribution in [3.63, 3.8) is 0 Å². The van der Waals surface area contributed by atoms with Gasteiger partial charge in [-0.25, -0.2) is 4.98 Å². The molecule has 0 aliphatic carbocycles. The van der Waals surface area contributed by atoms with E-state index in [9.17, 15) is 8.42 Å². The summed E-state index contributed by atoms with van der Waals surface area (Å²) < 4.78 is 27.2. The number of sulfonamides is 1.